The van der Waals surface area contributed by atoms with Gasteiger partial charge in [-0.15, -0.1) is 0 Å². The fourth-order valence-electron chi connectivity index (χ4n) is 2.59. The lowest BCUT2D eigenvalue weighted by Crippen LogP contribution is -2.45. The third kappa shape index (κ3) is 4.86. The van der Waals surface area contributed by atoms with Gasteiger partial charge < -0.3 is 20.3 Å². The van der Waals surface area contributed by atoms with E-state index in [1.807, 2.05) is 31.2 Å². The van der Waals surface area contributed by atoms with Crippen LogP contribution < -0.4 is 15.4 Å². The van der Waals surface area contributed by atoms with E-state index in [9.17, 15) is 0 Å². The van der Waals surface area contributed by atoms with E-state index in [4.69, 9.17) is 17.0 Å². The van der Waals surface area contributed by atoms with Crippen LogP contribution in [0, 0.1) is 0 Å². The molecule has 0 spiro atoms. The van der Waals surface area contributed by atoms with Gasteiger partial charge in [-0.3, -0.25) is 0 Å². The number of likely N-dealkylation sites (tertiary alicyclic amines) is 1. The molecule has 1 saturated heterocycles. The molecule has 2 rings (SSSR count). The van der Waals surface area contributed by atoms with Crippen molar-refractivity contribution in [2.75, 3.05) is 31.6 Å². The van der Waals surface area contributed by atoms with Crippen molar-refractivity contribution in [2.24, 2.45) is 0 Å². The fraction of sp³-hybridized carbons (Fsp3) is 0.562. The maximum Gasteiger partial charge on any atom is 0.171 e. The number of hydrogen-bond donors (Lipinski definition) is 2. The molecule has 21 heavy (non-hydrogen) atoms. The van der Waals surface area contributed by atoms with Crippen LogP contribution in [-0.2, 0) is 0 Å². The highest BCUT2D eigenvalue weighted by Crippen LogP contribution is 2.23. The van der Waals surface area contributed by atoms with E-state index < -0.39 is 0 Å². The molecule has 0 bridgehead atoms. The Labute approximate surface area is 132 Å². The van der Waals surface area contributed by atoms with Gasteiger partial charge in [0.1, 0.15) is 5.75 Å². The average Bonchev–Trinajstić information content (AvgIpc) is 2.50. The van der Waals surface area contributed by atoms with Crippen molar-refractivity contribution < 1.29 is 4.74 Å². The molecule has 4 nitrogen and oxygen atoms in total. The second kappa shape index (κ2) is 8.20. The van der Waals surface area contributed by atoms with Gasteiger partial charge in [0, 0.05) is 19.1 Å². The van der Waals surface area contributed by atoms with E-state index in [-0.39, 0.29) is 0 Å². The minimum atomic E-state index is 0.465. The van der Waals surface area contributed by atoms with Crippen molar-refractivity contribution in [3.05, 3.63) is 24.3 Å². The largest absolute Gasteiger partial charge is 0.492 e. The van der Waals surface area contributed by atoms with Gasteiger partial charge in [-0.1, -0.05) is 19.1 Å². The topological polar surface area (TPSA) is 36.5 Å². The quantitative estimate of drug-likeness (QED) is 0.818. The number of benzene rings is 1. The minimum Gasteiger partial charge on any atom is -0.492 e. The zero-order valence-corrected chi connectivity index (χ0v) is 13.7. The highest BCUT2D eigenvalue weighted by atomic mass is 32.1. The van der Waals surface area contributed by atoms with E-state index in [2.05, 4.69) is 22.5 Å². The number of piperidine rings is 1. The van der Waals surface area contributed by atoms with Crippen LogP contribution in [0.15, 0.2) is 24.3 Å². The highest BCUT2D eigenvalue weighted by molar-refractivity contribution is 7.80. The third-order valence-electron chi connectivity index (χ3n) is 3.81. The van der Waals surface area contributed by atoms with Gasteiger partial charge in [0.05, 0.1) is 12.3 Å². The van der Waals surface area contributed by atoms with Crippen molar-refractivity contribution in [3.63, 3.8) is 0 Å². The number of hydrogen-bond acceptors (Lipinski definition) is 3. The standard InChI is InChI=1S/C16H25N3OS/c1-3-19-11-9-13(10-12-19)17-16(21)18-14-7-5-6-8-15(14)20-4-2/h5-8,13H,3-4,9-12H2,1-2H3,(H2,17,18,21). The molecule has 1 aromatic rings. The van der Waals surface area contributed by atoms with Crippen LogP contribution in [0.1, 0.15) is 26.7 Å². The Hall–Kier alpha value is -1.33. The molecule has 2 N–H and O–H groups in total. The first-order chi connectivity index (χ1) is 10.2. The smallest absolute Gasteiger partial charge is 0.171 e. The summed E-state index contributed by atoms with van der Waals surface area (Å²) >= 11 is 5.43. The predicted molar refractivity (Wildman–Crippen MR) is 92.1 cm³/mol. The number of nitrogens with zero attached hydrogens (tertiary/aromatic N) is 1. The summed E-state index contributed by atoms with van der Waals surface area (Å²) in [5, 5.41) is 7.35. The van der Waals surface area contributed by atoms with Gasteiger partial charge in [0.25, 0.3) is 0 Å². The first-order valence-electron chi connectivity index (χ1n) is 7.74. The van der Waals surface area contributed by atoms with Gasteiger partial charge in [-0.25, -0.2) is 0 Å². The zero-order valence-electron chi connectivity index (χ0n) is 12.9. The Balaban J connectivity index is 1.85. The summed E-state index contributed by atoms with van der Waals surface area (Å²) in [4.78, 5) is 2.47. The van der Waals surface area contributed by atoms with Gasteiger partial charge >= 0.3 is 0 Å². The van der Waals surface area contributed by atoms with E-state index in [0.717, 1.165) is 43.9 Å². The number of nitrogens with one attached hydrogen (secondary N) is 2. The summed E-state index contributed by atoms with van der Waals surface area (Å²) in [6.45, 7) is 8.27. The number of ether oxygens (including phenoxy) is 1. The molecule has 5 heteroatoms. The summed E-state index contributed by atoms with van der Waals surface area (Å²) in [5.41, 5.74) is 0.919. The van der Waals surface area contributed by atoms with Gasteiger partial charge in [-0.2, -0.15) is 0 Å². The van der Waals surface area contributed by atoms with Gasteiger partial charge in [0.2, 0.25) is 0 Å². The van der Waals surface area contributed by atoms with Crippen LogP contribution in [0.4, 0.5) is 5.69 Å². The minimum absolute atomic E-state index is 0.465. The molecule has 1 aromatic carbocycles. The van der Waals surface area contributed by atoms with Crippen molar-refractivity contribution in [1.82, 2.24) is 10.2 Å². The molecular weight excluding hydrogens is 282 g/mol. The maximum atomic E-state index is 5.60. The average molecular weight is 307 g/mol. The molecule has 1 heterocycles. The lowest BCUT2D eigenvalue weighted by atomic mass is 10.1. The van der Waals surface area contributed by atoms with Crippen LogP contribution >= 0.6 is 12.2 Å². The number of rotatable bonds is 5. The van der Waals surface area contributed by atoms with E-state index in [0.29, 0.717) is 17.8 Å². The number of para-hydroxylation sites is 2. The fourth-order valence-corrected chi connectivity index (χ4v) is 2.87. The molecule has 116 valence electrons. The Morgan fingerprint density at radius 1 is 1.29 bits per heavy atom. The normalized spacial score (nSPS) is 16.5. The zero-order chi connectivity index (χ0) is 15.1. The summed E-state index contributed by atoms with van der Waals surface area (Å²) in [5.74, 6) is 0.838. The third-order valence-corrected chi connectivity index (χ3v) is 4.03. The van der Waals surface area contributed by atoms with Crippen LogP contribution in [-0.4, -0.2) is 42.3 Å². The van der Waals surface area contributed by atoms with Crippen LogP contribution in [0.25, 0.3) is 0 Å². The number of anilines is 1. The van der Waals surface area contributed by atoms with Crippen LogP contribution in [0.2, 0.25) is 0 Å². The van der Waals surface area contributed by atoms with Crippen molar-refractivity contribution in [1.29, 1.82) is 0 Å². The monoisotopic (exact) mass is 307 g/mol. The highest BCUT2D eigenvalue weighted by Gasteiger charge is 2.18. The molecule has 0 radical (unpaired) electrons. The van der Waals surface area contributed by atoms with Gasteiger partial charge in [-0.05, 0) is 50.7 Å². The molecule has 0 amide bonds. The second-order valence-corrected chi connectivity index (χ2v) is 5.64. The van der Waals surface area contributed by atoms with Crippen molar-refractivity contribution in [3.8, 4) is 5.75 Å². The van der Waals surface area contributed by atoms with E-state index in [1.54, 1.807) is 0 Å². The predicted octanol–water partition coefficient (Wildman–Crippen LogP) is 2.86. The molecule has 0 aliphatic carbocycles. The van der Waals surface area contributed by atoms with Crippen LogP contribution in [0.3, 0.4) is 0 Å². The summed E-state index contributed by atoms with van der Waals surface area (Å²) in [7, 11) is 0. The first-order valence-corrected chi connectivity index (χ1v) is 8.15. The summed E-state index contributed by atoms with van der Waals surface area (Å²) < 4.78 is 5.60. The Morgan fingerprint density at radius 3 is 2.67 bits per heavy atom. The van der Waals surface area contributed by atoms with Gasteiger partial charge in [0.15, 0.2) is 5.11 Å². The number of thiocarbonyl (C=S) groups is 1. The Morgan fingerprint density at radius 2 is 2.00 bits per heavy atom. The van der Waals surface area contributed by atoms with E-state index >= 15 is 0 Å². The lowest BCUT2D eigenvalue weighted by Gasteiger charge is -2.32. The molecule has 0 aromatic heterocycles. The Bertz CT molecular complexity index is 459. The molecular formula is C16H25N3OS. The molecule has 0 unspecified atom stereocenters. The van der Waals surface area contributed by atoms with E-state index in [1.165, 1.54) is 0 Å². The SMILES string of the molecule is CCOc1ccccc1NC(=S)NC1CCN(CC)CC1. The maximum absolute atomic E-state index is 5.60. The molecule has 1 aliphatic heterocycles. The van der Waals surface area contributed by atoms with Crippen LogP contribution in [0.5, 0.6) is 5.75 Å². The molecule has 1 fully saturated rings. The summed E-state index contributed by atoms with van der Waals surface area (Å²) in [6, 6.07) is 8.35. The molecule has 0 saturated carbocycles. The first kappa shape index (κ1) is 16.0. The lowest BCUT2D eigenvalue weighted by molar-refractivity contribution is 0.216. The molecule has 1 aliphatic rings. The Kier molecular flexibility index (Phi) is 6.26. The summed E-state index contributed by atoms with van der Waals surface area (Å²) in [6.07, 6.45) is 2.28. The van der Waals surface area contributed by atoms with Crippen molar-refractivity contribution >= 4 is 23.0 Å². The molecule has 0 atom stereocenters. The van der Waals surface area contributed by atoms with Crippen molar-refractivity contribution in [2.45, 2.75) is 32.7 Å². The second-order valence-electron chi connectivity index (χ2n) is 5.24.